The van der Waals surface area contributed by atoms with E-state index in [0.717, 1.165) is 29.0 Å². The van der Waals surface area contributed by atoms with Gasteiger partial charge in [0.25, 0.3) is 0 Å². The van der Waals surface area contributed by atoms with Crippen LogP contribution < -0.4 is 5.32 Å². The van der Waals surface area contributed by atoms with E-state index in [1.54, 1.807) is 6.07 Å². The van der Waals surface area contributed by atoms with Crippen LogP contribution in [0.25, 0.3) is 11.3 Å². The summed E-state index contributed by atoms with van der Waals surface area (Å²) in [4.78, 5) is 0. The molecule has 2 heterocycles. The van der Waals surface area contributed by atoms with Crippen LogP contribution in [0.3, 0.4) is 0 Å². The molecule has 1 aliphatic heterocycles. The van der Waals surface area contributed by atoms with Gasteiger partial charge in [0.2, 0.25) is 0 Å². The predicted molar refractivity (Wildman–Crippen MR) is 94.1 cm³/mol. The van der Waals surface area contributed by atoms with Crippen molar-refractivity contribution in [1.29, 1.82) is 0 Å². The fourth-order valence-corrected chi connectivity index (χ4v) is 3.04. The number of hydrogen-bond donors (Lipinski definition) is 2. The van der Waals surface area contributed by atoms with Crippen LogP contribution in [0.15, 0.2) is 65.2 Å². The Morgan fingerprint density at radius 2 is 1.80 bits per heavy atom. The Labute approximate surface area is 146 Å². The first-order valence-corrected chi connectivity index (χ1v) is 8.35. The second kappa shape index (κ2) is 6.70. The summed E-state index contributed by atoms with van der Waals surface area (Å²) in [5.74, 6) is 1.07. The van der Waals surface area contributed by atoms with Gasteiger partial charge in [0.1, 0.15) is 5.75 Å². The predicted octanol–water partition coefficient (Wildman–Crippen LogP) is 3.15. The summed E-state index contributed by atoms with van der Waals surface area (Å²) in [6, 6.07) is 19.3. The first kappa shape index (κ1) is 15.9. The van der Waals surface area contributed by atoms with Crippen LogP contribution in [0.2, 0.25) is 0 Å². The molecule has 1 fully saturated rings. The summed E-state index contributed by atoms with van der Waals surface area (Å²) < 4.78 is 10.9. The molecule has 128 valence electrons. The number of ether oxygens (including phenoxy) is 1. The Hall–Kier alpha value is -2.63. The SMILES string of the molecule is Oc1ccccc1CNC1(Cc2cc(-c3ccccc3)on2)COC1. The van der Waals surface area contributed by atoms with Crippen LogP contribution in [-0.4, -0.2) is 29.0 Å². The summed E-state index contributed by atoms with van der Waals surface area (Å²) in [6.45, 7) is 1.82. The lowest BCUT2D eigenvalue weighted by Gasteiger charge is -2.42. The summed E-state index contributed by atoms with van der Waals surface area (Å²) in [7, 11) is 0. The van der Waals surface area contributed by atoms with Crippen LogP contribution in [0, 0.1) is 0 Å². The second-order valence-electron chi connectivity index (χ2n) is 6.48. The van der Waals surface area contributed by atoms with Crippen molar-refractivity contribution in [1.82, 2.24) is 10.5 Å². The molecule has 0 radical (unpaired) electrons. The van der Waals surface area contributed by atoms with Crippen molar-refractivity contribution in [2.24, 2.45) is 0 Å². The van der Waals surface area contributed by atoms with Gasteiger partial charge in [-0.1, -0.05) is 53.7 Å². The number of rotatable bonds is 6. The van der Waals surface area contributed by atoms with Crippen LogP contribution in [0.5, 0.6) is 5.75 Å². The third-order valence-electron chi connectivity index (χ3n) is 4.54. The van der Waals surface area contributed by atoms with E-state index in [9.17, 15) is 5.11 Å². The molecule has 0 atom stereocenters. The summed E-state index contributed by atoms with van der Waals surface area (Å²) in [5, 5.41) is 17.7. The van der Waals surface area contributed by atoms with Gasteiger partial charge >= 0.3 is 0 Å². The number of hydrogen-bond acceptors (Lipinski definition) is 5. The Kier molecular flexibility index (Phi) is 4.26. The average Bonchev–Trinajstić information content (AvgIpc) is 3.08. The minimum atomic E-state index is -0.173. The molecule has 1 saturated heterocycles. The molecule has 0 amide bonds. The molecule has 2 N–H and O–H groups in total. The van der Waals surface area contributed by atoms with E-state index in [4.69, 9.17) is 9.26 Å². The van der Waals surface area contributed by atoms with Gasteiger partial charge in [-0.05, 0) is 6.07 Å². The van der Waals surface area contributed by atoms with Gasteiger partial charge in [0.05, 0.1) is 24.4 Å². The van der Waals surface area contributed by atoms with Crippen molar-refractivity contribution in [3.8, 4) is 17.1 Å². The van der Waals surface area contributed by atoms with Crippen molar-refractivity contribution in [3.63, 3.8) is 0 Å². The molecule has 0 aliphatic carbocycles. The van der Waals surface area contributed by atoms with Crippen molar-refractivity contribution in [2.75, 3.05) is 13.2 Å². The summed E-state index contributed by atoms with van der Waals surface area (Å²) >= 11 is 0. The standard InChI is InChI=1S/C20H20N2O3/c23-18-9-5-4-8-16(18)12-21-20(13-24-14-20)11-17-10-19(25-22-17)15-6-2-1-3-7-15/h1-10,21,23H,11-14H2. The number of aromatic hydroxyl groups is 1. The lowest BCUT2D eigenvalue weighted by atomic mass is 9.90. The number of nitrogens with one attached hydrogen (secondary N) is 1. The molecular weight excluding hydrogens is 316 g/mol. The molecular formula is C20H20N2O3. The normalized spacial score (nSPS) is 15.7. The van der Waals surface area contributed by atoms with Crippen LogP contribution in [0.1, 0.15) is 11.3 Å². The number of nitrogens with zero attached hydrogens (tertiary/aromatic N) is 1. The smallest absolute Gasteiger partial charge is 0.167 e. The van der Waals surface area contributed by atoms with Gasteiger partial charge in [-0.25, -0.2) is 0 Å². The topological polar surface area (TPSA) is 67.5 Å². The van der Waals surface area contributed by atoms with E-state index in [1.807, 2.05) is 54.6 Å². The second-order valence-corrected chi connectivity index (χ2v) is 6.48. The Morgan fingerprint density at radius 1 is 1.04 bits per heavy atom. The number of phenols is 1. The molecule has 3 aromatic rings. The van der Waals surface area contributed by atoms with Crippen LogP contribution >= 0.6 is 0 Å². The Morgan fingerprint density at radius 3 is 2.52 bits per heavy atom. The molecule has 5 nitrogen and oxygen atoms in total. The molecule has 25 heavy (non-hydrogen) atoms. The molecule has 5 heteroatoms. The summed E-state index contributed by atoms with van der Waals surface area (Å²) in [6.07, 6.45) is 0.719. The fourth-order valence-electron chi connectivity index (χ4n) is 3.04. The highest BCUT2D eigenvalue weighted by Gasteiger charge is 2.39. The van der Waals surface area contributed by atoms with Gasteiger partial charge in [-0.3, -0.25) is 0 Å². The third-order valence-corrected chi connectivity index (χ3v) is 4.54. The largest absolute Gasteiger partial charge is 0.508 e. The zero-order valence-corrected chi connectivity index (χ0v) is 13.8. The molecule has 0 bridgehead atoms. The van der Waals surface area contributed by atoms with Gasteiger partial charge in [-0.15, -0.1) is 0 Å². The van der Waals surface area contributed by atoms with E-state index in [2.05, 4.69) is 10.5 Å². The van der Waals surface area contributed by atoms with E-state index in [-0.39, 0.29) is 5.54 Å². The van der Waals surface area contributed by atoms with Gasteiger partial charge in [0, 0.05) is 30.2 Å². The fraction of sp³-hybridized carbons (Fsp3) is 0.250. The number of para-hydroxylation sites is 1. The van der Waals surface area contributed by atoms with Crippen LogP contribution in [-0.2, 0) is 17.7 Å². The number of phenolic OH excluding ortho intramolecular Hbond substituents is 1. The monoisotopic (exact) mass is 336 g/mol. The van der Waals surface area contributed by atoms with Gasteiger partial charge < -0.3 is 19.7 Å². The quantitative estimate of drug-likeness (QED) is 0.724. The highest BCUT2D eigenvalue weighted by atomic mass is 16.5. The molecule has 1 aliphatic rings. The maximum atomic E-state index is 9.92. The Balaban J connectivity index is 1.45. The minimum absolute atomic E-state index is 0.173. The number of benzene rings is 2. The molecule has 0 saturated carbocycles. The highest BCUT2D eigenvalue weighted by Crippen LogP contribution is 2.27. The zero-order valence-electron chi connectivity index (χ0n) is 13.8. The minimum Gasteiger partial charge on any atom is -0.508 e. The van der Waals surface area contributed by atoms with Gasteiger partial charge in [-0.2, -0.15) is 0 Å². The average molecular weight is 336 g/mol. The lowest BCUT2D eigenvalue weighted by Crippen LogP contribution is -2.61. The van der Waals surface area contributed by atoms with Crippen LogP contribution in [0.4, 0.5) is 0 Å². The summed E-state index contributed by atoms with van der Waals surface area (Å²) in [5.41, 5.74) is 2.61. The number of aromatic nitrogens is 1. The zero-order chi connectivity index (χ0) is 17.1. The molecule has 0 spiro atoms. The van der Waals surface area contributed by atoms with Crippen molar-refractivity contribution < 1.29 is 14.4 Å². The first-order valence-electron chi connectivity index (χ1n) is 8.35. The highest BCUT2D eigenvalue weighted by molar-refractivity contribution is 5.56. The maximum Gasteiger partial charge on any atom is 0.167 e. The van der Waals surface area contributed by atoms with Crippen molar-refractivity contribution >= 4 is 0 Å². The first-order chi connectivity index (χ1) is 12.2. The van der Waals surface area contributed by atoms with E-state index >= 15 is 0 Å². The van der Waals surface area contributed by atoms with E-state index in [1.165, 1.54) is 0 Å². The van der Waals surface area contributed by atoms with Crippen molar-refractivity contribution in [2.45, 2.75) is 18.5 Å². The van der Waals surface area contributed by atoms with E-state index in [0.29, 0.717) is 25.5 Å². The molecule has 2 aromatic carbocycles. The Bertz CT molecular complexity index is 841. The molecule has 4 rings (SSSR count). The van der Waals surface area contributed by atoms with E-state index < -0.39 is 0 Å². The maximum absolute atomic E-state index is 9.92. The molecule has 1 aromatic heterocycles. The van der Waals surface area contributed by atoms with Crippen molar-refractivity contribution in [3.05, 3.63) is 71.9 Å². The molecule has 0 unspecified atom stereocenters. The third kappa shape index (κ3) is 3.43. The lowest BCUT2D eigenvalue weighted by molar-refractivity contribution is -0.0756. The van der Waals surface area contributed by atoms with Gasteiger partial charge in [0.15, 0.2) is 5.76 Å².